The molecule has 0 unspecified atom stereocenters. The summed E-state index contributed by atoms with van der Waals surface area (Å²) in [5, 5.41) is 13.2. The summed E-state index contributed by atoms with van der Waals surface area (Å²) in [5.41, 5.74) is 6.02. The Hall–Kier alpha value is -1.07. The lowest BCUT2D eigenvalue weighted by molar-refractivity contribution is 0.112. The van der Waals surface area contributed by atoms with E-state index in [4.69, 9.17) is 17.3 Å². The quantitative estimate of drug-likeness (QED) is 0.742. The summed E-state index contributed by atoms with van der Waals surface area (Å²) in [6.45, 7) is 6.65. The summed E-state index contributed by atoms with van der Waals surface area (Å²) in [4.78, 5) is 8.02. The lowest BCUT2D eigenvalue weighted by atomic mass is 9.71. The minimum atomic E-state index is -0.188. The van der Waals surface area contributed by atoms with Gasteiger partial charge in [0.2, 0.25) is 0 Å². The van der Waals surface area contributed by atoms with Crippen molar-refractivity contribution in [2.24, 2.45) is 11.3 Å². The normalized spacial score (nSPS) is 29.4. The second-order valence-electron chi connectivity index (χ2n) is 6.02. The van der Waals surface area contributed by atoms with Crippen molar-refractivity contribution in [1.82, 2.24) is 9.97 Å². The molecular weight excluding hydrogens is 264 g/mol. The number of aliphatic hydroxyl groups excluding tert-OH is 1. The molecule has 1 aromatic heterocycles. The first kappa shape index (κ1) is 14.3. The van der Waals surface area contributed by atoms with Crippen LogP contribution in [0.3, 0.4) is 0 Å². The predicted octanol–water partition coefficient (Wildman–Crippen LogP) is 2.31. The van der Waals surface area contributed by atoms with Gasteiger partial charge in [-0.15, -0.1) is 0 Å². The second-order valence-corrected chi connectivity index (χ2v) is 6.38. The van der Waals surface area contributed by atoms with Crippen molar-refractivity contribution in [1.29, 1.82) is 0 Å². The van der Waals surface area contributed by atoms with E-state index in [-0.39, 0.29) is 28.6 Å². The highest BCUT2D eigenvalue weighted by Gasteiger charge is 2.51. The lowest BCUT2D eigenvalue weighted by Crippen LogP contribution is -2.47. The molecule has 6 heteroatoms. The molecule has 4 N–H and O–H groups in total. The van der Waals surface area contributed by atoms with Crippen LogP contribution in [0.15, 0.2) is 6.33 Å². The monoisotopic (exact) mass is 284 g/mol. The molecule has 1 aliphatic rings. The number of nitrogens with one attached hydrogen (secondary N) is 1. The van der Waals surface area contributed by atoms with Crippen LogP contribution < -0.4 is 11.1 Å². The van der Waals surface area contributed by atoms with Crippen molar-refractivity contribution in [3.8, 4) is 0 Å². The lowest BCUT2D eigenvalue weighted by Gasteiger charge is -2.42. The van der Waals surface area contributed by atoms with Gasteiger partial charge in [-0.1, -0.05) is 25.4 Å². The van der Waals surface area contributed by atoms with E-state index in [0.717, 1.165) is 12.8 Å². The van der Waals surface area contributed by atoms with Crippen molar-refractivity contribution in [3.63, 3.8) is 0 Å². The fourth-order valence-electron chi connectivity index (χ4n) is 2.87. The van der Waals surface area contributed by atoms with Crippen molar-refractivity contribution >= 4 is 23.1 Å². The molecule has 106 valence electrons. The van der Waals surface area contributed by atoms with Crippen LogP contribution in [-0.4, -0.2) is 27.2 Å². The first-order chi connectivity index (χ1) is 8.82. The van der Waals surface area contributed by atoms with E-state index >= 15 is 0 Å². The van der Waals surface area contributed by atoms with Crippen LogP contribution in [0.25, 0.3) is 0 Å². The molecule has 0 aromatic carbocycles. The van der Waals surface area contributed by atoms with Crippen LogP contribution in [0, 0.1) is 11.3 Å². The van der Waals surface area contributed by atoms with Gasteiger partial charge in [0.15, 0.2) is 11.0 Å². The first-order valence-corrected chi connectivity index (χ1v) is 6.84. The maximum absolute atomic E-state index is 9.50. The van der Waals surface area contributed by atoms with Crippen molar-refractivity contribution in [2.75, 3.05) is 17.7 Å². The fourth-order valence-corrected chi connectivity index (χ4v) is 3.01. The zero-order valence-electron chi connectivity index (χ0n) is 11.6. The second kappa shape index (κ2) is 4.80. The molecule has 0 aliphatic heterocycles. The van der Waals surface area contributed by atoms with Crippen LogP contribution in [-0.2, 0) is 0 Å². The zero-order chi connectivity index (χ0) is 14.3. The molecule has 0 amide bonds. The molecule has 1 aliphatic carbocycles. The highest BCUT2D eigenvalue weighted by molar-refractivity contribution is 6.32. The van der Waals surface area contributed by atoms with Gasteiger partial charge >= 0.3 is 0 Å². The molecule has 1 aromatic rings. The summed E-state index contributed by atoms with van der Waals surface area (Å²) in [6, 6.07) is 0. The standard InChI is InChI=1S/C13H21ClN4O/c1-12(2)8(6-19)4-5-13(12,3)18-11-9(15)10(14)16-7-17-11/h7-8,19H,4-6,15H2,1-3H3,(H,16,17,18)/t8-,13-/m1/s1. The number of aromatic nitrogens is 2. The Kier molecular flexibility index (Phi) is 3.62. The molecule has 2 atom stereocenters. The number of anilines is 2. The Morgan fingerprint density at radius 2 is 2.16 bits per heavy atom. The van der Waals surface area contributed by atoms with Gasteiger partial charge in [-0.25, -0.2) is 9.97 Å². The van der Waals surface area contributed by atoms with E-state index in [1.807, 2.05) is 0 Å². The topological polar surface area (TPSA) is 84.1 Å². The van der Waals surface area contributed by atoms with Gasteiger partial charge in [-0.2, -0.15) is 0 Å². The van der Waals surface area contributed by atoms with E-state index in [1.54, 1.807) is 0 Å². The summed E-state index contributed by atoms with van der Waals surface area (Å²) in [5.74, 6) is 0.831. The largest absolute Gasteiger partial charge is 0.396 e. The van der Waals surface area contributed by atoms with E-state index in [2.05, 4.69) is 36.1 Å². The van der Waals surface area contributed by atoms with Crippen LogP contribution >= 0.6 is 11.6 Å². The van der Waals surface area contributed by atoms with Crippen LogP contribution in [0.2, 0.25) is 5.15 Å². The highest BCUT2D eigenvalue weighted by Crippen LogP contribution is 2.51. The Bertz CT molecular complexity index is 480. The molecule has 1 saturated carbocycles. The van der Waals surface area contributed by atoms with Gasteiger partial charge in [0.05, 0.1) is 0 Å². The van der Waals surface area contributed by atoms with E-state index in [9.17, 15) is 5.11 Å². The molecule has 1 heterocycles. The molecule has 2 rings (SSSR count). The number of rotatable bonds is 3. The first-order valence-electron chi connectivity index (χ1n) is 6.47. The highest BCUT2D eigenvalue weighted by atomic mass is 35.5. The van der Waals surface area contributed by atoms with Gasteiger partial charge in [-0.3, -0.25) is 0 Å². The summed E-state index contributed by atoms with van der Waals surface area (Å²) < 4.78 is 0. The van der Waals surface area contributed by atoms with Crippen molar-refractivity contribution in [2.45, 2.75) is 39.2 Å². The predicted molar refractivity (Wildman–Crippen MR) is 77.1 cm³/mol. The number of nitrogens with zero attached hydrogens (tertiary/aromatic N) is 2. The Labute approximate surface area is 118 Å². The Morgan fingerprint density at radius 3 is 2.74 bits per heavy atom. The summed E-state index contributed by atoms with van der Waals surface area (Å²) >= 11 is 5.92. The van der Waals surface area contributed by atoms with E-state index < -0.39 is 0 Å². The SMILES string of the molecule is CC1(C)[C@@H](CO)CC[C@@]1(C)Nc1ncnc(Cl)c1N. The number of aliphatic hydroxyl groups is 1. The maximum Gasteiger partial charge on any atom is 0.157 e. The fraction of sp³-hybridized carbons (Fsp3) is 0.692. The van der Waals surface area contributed by atoms with Gasteiger partial charge < -0.3 is 16.2 Å². The molecule has 0 radical (unpaired) electrons. The third-order valence-corrected chi connectivity index (χ3v) is 5.19. The minimum Gasteiger partial charge on any atom is -0.396 e. The average molecular weight is 285 g/mol. The molecular formula is C13H21ClN4O. The summed E-state index contributed by atoms with van der Waals surface area (Å²) in [7, 11) is 0. The van der Waals surface area contributed by atoms with Gasteiger partial charge in [0.1, 0.15) is 12.0 Å². The third-order valence-electron chi connectivity index (χ3n) is 4.89. The van der Waals surface area contributed by atoms with Crippen LogP contribution in [0.1, 0.15) is 33.6 Å². The molecule has 1 fully saturated rings. The minimum absolute atomic E-state index is 0.0639. The van der Waals surface area contributed by atoms with Crippen LogP contribution in [0.5, 0.6) is 0 Å². The zero-order valence-corrected chi connectivity index (χ0v) is 12.3. The molecule has 0 bridgehead atoms. The van der Waals surface area contributed by atoms with Gasteiger partial charge in [0.25, 0.3) is 0 Å². The van der Waals surface area contributed by atoms with Gasteiger partial charge in [0, 0.05) is 12.1 Å². The number of halogens is 1. The smallest absolute Gasteiger partial charge is 0.157 e. The van der Waals surface area contributed by atoms with E-state index in [0.29, 0.717) is 11.5 Å². The molecule has 0 saturated heterocycles. The molecule has 0 spiro atoms. The number of nitrogens with two attached hydrogens (primary N) is 1. The number of hydrogen-bond donors (Lipinski definition) is 3. The Morgan fingerprint density at radius 1 is 1.47 bits per heavy atom. The maximum atomic E-state index is 9.50. The molecule has 19 heavy (non-hydrogen) atoms. The third kappa shape index (κ3) is 2.25. The number of nitrogen functional groups attached to an aromatic ring is 1. The number of hydrogen-bond acceptors (Lipinski definition) is 5. The Balaban J connectivity index is 2.30. The molecule has 5 nitrogen and oxygen atoms in total. The van der Waals surface area contributed by atoms with E-state index in [1.165, 1.54) is 6.33 Å². The van der Waals surface area contributed by atoms with Crippen molar-refractivity contribution < 1.29 is 5.11 Å². The average Bonchev–Trinajstić information content (AvgIpc) is 2.56. The van der Waals surface area contributed by atoms with Crippen molar-refractivity contribution in [3.05, 3.63) is 11.5 Å². The van der Waals surface area contributed by atoms with Crippen LogP contribution in [0.4, 0.5) is 11.5 Å². The van der Waals surface area contributed by atoms with Gasteiger partial charge in [-0.05, 0) is 31.1 Å². The summed E-state index contributed by atoms with van der Waals surface area (Å²) in [6.07, 6.45) is 3.33.